The van der Waals surface area contributed by atoms with Crippen LogP contribution in [0.1, 0.15) is 34.6 Å². The Bertz CT molecular complexity index is 122. The van der Waals surface area contributed by atoms with Gasteiger partial charge in [-0.2, -0.15) is 0 Å². The molecule has 0 rings (SSSR count). The first-order valence-corrected chi connectivity index (χ1v) is 4.44. The fourth-order valence-corrected chi connectivity index (χ4v) is 0.597. The van der Waals surface area contributed by atoms with Gasteiger partial charge in [0.2, 0.25) is 0 Å². The van der Waals surface area contributed by atoms with Gasteiger partial charge in [-0.25, -0.2) is 0 Å². The molecule has 2 heteroatoms. The maximum absolute atomic E-state index is 5.71. The van der Waals surface area contributed by atoms with E-state index in [0.29, 0.717) is 13.2 Å². The molecule has 0 aliphatic heterocycles. The van der Waals surface area contributed by atoms with E-state index in [1.54, 1.807) is 7.11 Å². The Balaban J connectivity index is 3.88. The second kappa shape index (κ2) is 4.24. The lowest BCUT2D eigenvalue weighted by molar-refractivity contribution is -0.102. The van der Waals surface area contributed by atoms with Crippen LogP contribution in [0.3, 0.4) is 0 Å². The third-order valence-electron chi connectivity index (χ3n) is 2.56. The van der Waals surface area contributed by atoms with Crippen molar-refractivity contribution >= 4 is 0 Å². The average molecular weight is 174 g/mol. The molecule has 0 radical (unpaired) electrons. The van der Waals surface area contributed by atoms with Crippen molar-refractivity contribution < 1.29 is 9.47 Å². The molecule has 0 atom stereocenters. The van der Waals surface area contributed by atoms with E-state index in [2.05, 4.69) is 34.6 Å². The summed E-state index contributed by atoms with van der Waals surface area (Å²) in [5.74, 6) is 0. The summed E-state index contributed by atoms with van der Waals surface area (Å²) in [7, 11) is 1.69. The Hall–Kier alpha value is -0.0800. The van der Waals surface area contributed by atoms with E-state index in [0.717, 1.165) is 0 Å². The molecule has 12 heavy (non-hydrogen) atoms. The second-order valence-corrected chi connectivity index (χ2v) is 4.60. The number of ether oxygens (including phenoxy) is 2. The molecule has 0 spiro atoms. The summed E-state index contributed by atoms with van der Waals surface area (Å²) >= 11 is 0. The smallest absolute Gasteiger partial charge is 0.0707 e. The van der Waals surface area contributed by atoms with Gasteiger partial charge in [0.25, 0.3) is 0 Å². The molecule has 2 nitrogen and oxygen atoms in total. The highest BCUT2D eigenvalue weighted by Crippen LogP contribution is 2.32. The Kier molecular flexibility index (Phi) is 4.21. The van der Waals surface area contributed by atoms with Crippen molar-refractivity contribution in [3.8, 4) is 0 Å². The number of rotatable bonds is 4. The van der Waals surface area contributed by atoms with Crippen LogP contribution in [0.5, 0.6) is 0 Å². The van der Waals surface area contributed by atoms with Gasteiger partial charge in [0.05, 0.1) is 18.8 Å². The van der Waals surface area contributed by atoms with Gasteiger partial charge < -0.3 is 9.47 Å². The van der Waals surface area contributed by atoms with Gasteiger partial charge in [0, 0.05) is 7.11 Å². The fraction of sp³-hybridized carbons (Fsp3) is 1.00. The van der Waals surface area contributed by atoms with E-state index in [4.69, 9.17) is 9.47 Å². The summed E-state index contributed by atoms with van der Waals surface area (Å²) in [4.78, 5) is 0. The van der Waals surface area contributed by atoms with E-state index in [1.165, 1.54) is 0 Å². The molecular formula is C10H22O2. The van der Waals surface area contributed by atoms with E-state index in [-0.39, 0.29) is 11.0 Å². The van der Waals surface area contributed by atoms with Crippen molar-refractivity contribution in [1.29, 1.82) is 0 Å². The molecule has 0 unspecified atom stereocenters. The maximum atomic E-state index is 5.71. The molecule has 0 aromatic heterocycles. The first kappa shape index (κ1) is 11.9. The Labute approximate surface area is 76.3 Å². The van der Waals surface area contributed by atoms with Gasteiger partial charge in [0.15, 0.2) is 0 Å². The van der Waals surface area contributed by atoms with Crippen molar-refractivity contribution in [2.75, 3.05) is 20.3 Å². The maximum Gasteiger partial charge on any atom is 0.0707 e. The predicted octanol–water partition coefficient (Wildman–Crippen LogP) is 2.47. The summed E-state index contributed by atoms with van der Waals surface area (Å²) in [5, 5.41) is 0. The molecular weight excluding hydrogens is 152 g/mol. The summed E-state index contributed by atoms with van der Waals surface area (Å²) in [5.41, 5.74) is 0.0757. The van der Waals surface area contributed by atoms with Gasteiger partial charge in [-0.3, -0.25) is 0 Å². The van der Waals surface area contributed by atoms with Gasteiger partial charge in [0.1, 0.15) is 0 Å². The van der Waals surface area contributed by atoms with Gasteiger partial charge >= 0.3 is 0 Å². The number of hydrogen-bond donors (Lipinski definition) is 0. The molecule has 0 saturated heterocycles. The van der Waals surface area contributed by atoms with E-state index >= 15 is 0 Å². The number of methoxy groups -OCH3 is 1. The van der Waals surface area contributed by atoms with E-state index in [1.807, 2.05) is 0 Å². The van der Waals surface area contributed by atoms with Crippen LogP contribution in [0.25, 0.3) is 0 Å². The molecule has 0 saturated carbocycles. The van der Waals surface area contributed by atoms with Crippen LogP contribution in [0.15, 0.2) is 0 Å². The molecule has 74 valence electrons. The minimum absolute atomic E-state index is 0.0917. The van der Waals surface area contributed by atoms with Crippen LogP contribution in [0, 0.1) is 5.41 Å². The van der Waals surface area contributed by atoms with Gasteiger partial charge in [-0.15, -0.1) is 0 Å². The first-order chi connectivity index (χ1) is 5.31. The lowest BCUT2D eigenvalue weighted by Gasteiger charge is -2.38. The molecule has 0 aromatic rings. The Morgan fingerprint density at radius 2 is 1.42 bits per heavy atom. The highest BCUT2D eigenvalue weighted by molar-refractivity contribution is 4.83. The molecule has 0 N–H and O–H groups in total. The minimum Gasteiger partial charge on any atom is -0.382 e. The van der Waals surface area contributed by atoms with Crippen LogP contribution in [-0.2, 0) is 9.47 Å². The quantitative estimate of drug-likeness (QED) is 0.610. The molecule has 0 aliphatic rings. The molecule has 0 amide bonds. The molecule has 0 aliphatic carbocycles. The standard InChI is InChI=1S/C10H22O2/c1-9(2,3)10(4,5)12-8-7-11-6/h7-8H2,1-6H3. The third kappa shape index (κ3) is 3.55. The Morgan fingerprint density at radius 3 is 1.75 bits per heavy atom. The molecule has 0 bridgehead atoms. The summed E-state index contributed by atoms with van der Waals surface area (Å²) in [6, 6.07) is 0. The highest BCUT2D eigenvalue weighted by atomic mass is 16.5. The van der Waals surface area contributed by atoms with E-state index in [9.17, 15) is 0 Å². The summed E-state index contributed by atoms with van der Waals surface area (Å²) in [6.45, 7) is 12.1. The SMILES string of the molecule is COCCOC(C)(C)C(C)(C)C. The molecule has 0 fully saturated rings. The van der Waals surface area contributed by atoms with Crippen molar-refractivity contribution in [3.63, 3.8) is 0 Å². The summed E-state index contributed by atoms with van der Waals surface area (Å²) in [6.07, 6.45) is 0. The normalized spacial score (nSPS) is 13.5. The van der Waals surface area contributed by atoms with Crippen molar-refractivity contribution in [2.24, 2.45) is 5.41 Å². The van der Waals surface area contributed by atoms with Crippen molar-refractivity contribution in [1.82, 2.24) is 0 Å². The topological polar surface area (TPSA) is 18.5 Å². The Morgan fingerprint density at radius 1 is 0.917 bits per heavy atom. The van der Waals surface area contributed by atoms with E-state index < -0.39 is 0 Å². The van der Waals surface area contributed by atoms with Gasteiger partial charge in [-0.05, 0) is 19.3 Å². The minimum atomic E-state index is -0.0917. The highest BCUT2D eigenvalue weighted by Gasteiger charge is 2.33. The monoisotopic (exact) mass is 174 g/mol. The molecule has 0 heterocycles. The summed E-state index contributed by atoms with van der Waals surface area (Å²) < 4.78 is 10.6. The third-order valence-corrected chi connectivity index (χ3v) is 2.56. The lowest BCUT2D eigenvalue weighted by Crippen LogP contribution is -2.40. The van der Waals surface area contributed by atoms with Crippen molar-refractivity contribution in [2.45, 2.75) is 40.2 Å². The van der Waals surface area contributed by atoms with Crippen molar-refractivity contribution in [3.05, 3.63) is 0 Å². The predicted molar refractivity (Wildman–Crippen MR) is 51.4 cm³/mol. The van der Waals surface area contributed by atoms with Crippen LogP contribution in [0.2, 0.25) is 0 Å². The number of hydrogen-bond acceptors (Lipinski definition) is 2. The first-order valence-electron chi connectivity index (χ1n) is 4.44. The fourth-order valence-electron chi connectivity index (χ4n) is 0.597. The zero-order chi connectivity index (χ0) is 9.83. The van der Waals surface area contributed by atoms with Crippen LogP contribution in [0.4, 0.5) is 0 Å². The average Bonchev–Trinajstić information content (AvgIpc) is 1.85. The zero-order valence-corrected chi connectivity index (χ0v) is 9.23. The van der Waals surface area contributed by atoms with Crippen LogP contribution >= 0.6 is 0 Å². The zero-order valence-electron chi connectivity index (χ0n) is 9.23. The van der Waals surface area contributed by atoms with Crippen LogP contribution < -0.4 is 0 Å². The lowest BCUT2D eigenvalue weighted by atomic mass is 9.79. The largest absolute Gasteiger partial charge is 0.382 e. The molecule has 0 aromatic carbocycles. The van der Waals surface area contributed by atoms with Crippen LogP contribution in [-0.4, -0.2) is 25.9 Å². The second-order valence-electron chi connectivity index (χ2n) is 4.60. The van der Waals surface area contributed by atoms with Gasteiger partial charge in [-0.1, -0.05) is 20.8 Å².